The Labute approximate surface area is 326 Å². The largest absolute Gasteiger partial charge is 0.301 e. The molecule has 0 spiro atoms. The molecule has 0 unspecified atom stereocenters. The third-order valence-electron chi connectivity index (χ3n) is 10.5. The Morgan fingerprint density at radius 2 is 0.821 bits per heavy atom. The van der Waals surface area contributed by atoms with Crippen LogP contribution in [-0.4, -0.2) is 24.5 Å². The maximum Gasteiger partial charge on any atom is 0.164 e. The normalized spacial score (nSPS) is 11.6. The Balaban J connectivity index is 1.06. The maximum atomic E-state index is 5.23. The molecule has 0 saturated carbocycles. The summed E-state index contributed by atoms with van der Waals surface area (Å²) in [4.78, 5) is 21.5. The lowest BCUT2D eigenvalue weighted by Crippen LogP contribution is -2.00. The van der Waals surface area contributed by atoms with Crippen LogP contribution >= 0.6 is 11.3 Å². The monoisotopic (exact) mass is 733 g/mol. The highest BCUT2D eigenvalue weighted by molar-refractivity contribution is 7.26. The fourth-order valence-corrected chi connectivity index (χ4v) is 9.17. The van der Waals surface area contributed by atoms with E-state index < -0.39 is 0 Å². The lowest BCUT2D eigenvalue weighted by atomic mass is 10.0. The minimum absolute atomic E-state index is 0.627. The van der Waals surface area contributed by atoms with Crippen LogP contribution in [0.4, 0.5) is 0 Å². The zero-order valence-corrected chi connectivity index (χ0v) is 30.9. The van der Waals surface area contributed by atoms with Crippen LogP contribution < -0.4 is 0 Å². The Kier molecular flexibility index (Phi) is 7.60. The molecule has 0 saturated heterocycles. The summed E-state index contributed by atoms with van der Waals surface area (Å²) in [6, 6.07) is 65.3. The molecule has 11 aromatic rings. The van der Waals surface area contributed by atoms with Crippen LogP contribution in [-0.2, 0) is 0 Å². The predicted octanol–water partition coefficient (Wildman–Crippen LogP) is 13.1. The van der Waals surface area contributed by atoms with Gasteiger partial charge in [0.05, 0.1) is 21.4 Å². The van der Waals surface area contributed by atoms with E-state index in [0.717, 1.165) is 44.7 Å². The van der Waals surface area contributed by atoms with E-state index in [4.69, 9.17) is 19.9 Å². The highest BCUT2D eigenvalue weighted by Crippen LogP contribution is 2.47. The number of para-hydroxylation sites is 2. The second kappa shape index (κ2) is 13.2. The predicted molar refractivity (Wildman–Crippen MR) is 232 cm³/mol. The topological polar surface area (TPSA) is 56.5 Å². The SMILES string of the molecule is c1ccc(-c2ccc(-c3nc(-c4ccccc4)nc(-c4ccc(-n5c6ccccc6c6c7c(sc65)c(-c5ccccc5)nc5ccccc57)cc4)n3)cc2)cc1. The second-order valence-electron chi connectivity index (χ2n) is 13.8. The highest BCUT2D eigenvalue weighted by Gasteiger charge is 2.22. The number of hydrogen-bond acceptors (Lipinski definition) is 5. The highest BCUT2D eigenvalue weighted by atomic mass is 32.1. The number of nitrogens with zero attached hydrogens (tertiary/aromatic N) is 5. The fraction of sp³-hybridized carbons (Fsp3) is 0. The second-order valence-corrected chi connectivity index (χ2v) is 14.8. The minimum Gasteiger partial charge on any atom is -0.301 e. The van der Waals surface area contributed by atoms with Crippen molar-refractivity contribution in [2.24, 2.45) is 0 Å². The van der Waals surface area contributed by atoms with Gasteiger partial charge in [0.15, 0.2) is 17.5 Å². The van der Waals surface area contributed by atoms with E-state index in [2.05, 4.69) is 156 Å². The van der Waals surface area contributed by atoms with E-state index in [0.29, 0.717) is 17.5 Å². The number of pyridine rings is 1. The van der Waals surface area contributed by atoms with E-state index >= 15 is 0 Å². The van der Waals surface area contributed by atoms with Gasteiger partial charge in [0.1, 0.15) is 4.83 Å². The summed E-state index contributed by atoms with van der Waals surface area (Å²) in [6.07, 6.45) is 0. The molecule has 5 nitrogen and oxygen atoms in total. The molecule has 0 bridgehead atoms. The lowest BCUT2D eigenvalue weighted by molar-refractivity contribution is 1.07. The molecule has 4 heterocycles. The number of thiophene rings is 1. The van der Waals surface area contributed by atoms with Crippen molar-refractivity contribution < 1.29 is 0 Å². The van der Waals surface area contributed by atoms with Gasteiger partial charge in [-0.25, -0.2) is 19.9 Å². The Morgan fingerprint density at radius 1 is 0.357 bits per heavy atom. The van der Waals surface area contributed by atoms with Gasteiger partial charge in [-0.05, 0) is 47.5 Å². The minimum atomic E-state index is 0.627. The summed E-state index contributed by atoms with van der Waals surface area (Å²) in [5.41, 5.74) is 10.5. The van der Waals surface area contributed by atoms with E-state index in [9.17, 15) is 0 Å². The van der Waals surface area contributed by atoms with Crippen LogP contribution in [0.2, 0.25) is 0 Å². The van der Waals surface area contributed by atoms with Crippen molar-refractivity contribution >= 4 is 53.4 Å². The first-order valence-corrected chi connectivity index (χ1v) is 19.5. The number of benzene rings is 7. The van der Waals surface area contributed by atoms with Gasteiger partial charge < -0.3 is 4.57 Å². The molecule has 56 heavy (non-hydrogen) atoms. The quantitative estimate of drug-likeness (QED) is 0.171. The molecule has 262 valence electrons. The summed E-state index contributed by atoms with van der Waals surface area (Å²) in [5.74, 6) is 1.90. The standard InChI is InChI=1S/C50H31N5S/c1-4-14-32(15-5-1)33-24-26-36(27-25-33)48-52-47(35-18-8-3-9-19-35)53-49(54-48)37-28-30-38(31-29-37)55-42-23-13-11-21-40(42)44-43-39-20-10-12-22-41(39)51-45(46(43)56-50(44)55)34-16-6-2-7-17-34/h1-31H. The zero-order chi connectivity index (χ0) is 37.0. The van der Waals surface area contributed by atoms with Crippen molar-refractivity contribution in [1.82, 2.24) is 24.5 Å². The Hall–Kier alpha value is -7.28. The van der Waals surface area contributed by atoms with Crippen LogP contribution in [0.1, 0.15) is 0 Å². The molecule has 4 aromatic heterocycles. The van der Waals surface area contributed by atoms with Crippen molar-refractivity contribution in [3.05, 3.63) is 188 Å². The molecule has 0 atom stereocenters. The Morgan fingerprint density at radius 3 is 1.46 bits per heavy atom. The fourth-order valence-electron chi connectivity index (χ4n) is 7.79. The first-order valence-electron chi connectivity index (χ1n) is 18.6. The van der Waals surface area contributed by atoms with Gasteiger partial charge in [-0.15, -0.1) is 11.3 Å². The molecule has 0 aliphatic rings. The molecule has 0 aliphatic carbocycles. The van der Waals surface area contributed by atoms with E-state index in [-0.39, 0.29) is 0 Å². The van der Waals surface area contributed by atoms with Crippen molar-refractivity contribution in [1.29, 1.82) is 0 Å². The molecule has 0 amide bonds. The van der Waals surface area contributed by atoms with Crippen molar-refractivity contribution in [3.63, 3.8) is 0 Å². The number of aromatic nitrogens is 5. The zero-order valence-electron chi connectivity index (χ0n) is 30.0. The molecule has 0 aliphatic heterocycles. The molecule has 0 radical (unpaired) electrons. The molecule has 11 rings (SSSR count). The van der Waals surface area contributed by atoms with Crippen LogP contribution in [0.5, 0.6) is 0 Å². The summed E-state index contributed by atoms with van der Waals surface area (Å²) in [6.45, 7) is 0. The van der Waals surface area contributed by atoms with Gasteiger partial charge in [0.25, 0.3) is 0 Å². The van der Waals surface area contributed by atoms with Gasteiger partial charge in [0.2, 0.25) is 0 Å². The molecule has 7 aromatic carbocycles. The van der Waals surface area contributed by atoms with Gasteiger partial charge in [-0.3, -0.25) is 0 Å². The van der Waals surface area contributed by atoms with E-state index in [1.807, 2.05) is 47.7 Å². The third kappa shape index (κ3) is 5.38. The average molecular weight is 734 g/mol. The van der Waals surface area contributed by atoms with Gasteiger partial charge in [-0.1, -0.05) is 152 Å². The summed E-state index contributed by atoms with van der Waals surface area (Å²) in [5, 5.41) is 4.90. The van der Waals surface area contributed by atoms with Crippen LogP contribution in [0, 0.1) is 0 Å². The van der Waals surface area contributed by atoms with Gasteiger partial charge in [-0.2, -0.15) is 0 Å². The summed E-state index contributed by atoms with van der Waals surface area (Å²) < 4.78 is 3.59. The van der Waals surface area contributed by atoms with Crippen LogP contribution in [0.15, 0.2) is 188 Å². The molecular weight excluding hydrogens is 703 g/mol. The van der Waals surface area contributed by atoms with Crippen LogP contribution in [0.25, 0.3) is 104 Å². The average Bonchev–Trinajstić information content (AvgIpc) is 3.82. The van der Waals surface area contributed by atoms with Crippen LogP contribution in [0.3, 0.4) is 0 Å². The van der Waals surface area contributed by atoms with E-state index in [1.165, 1.54) is 42.2 Å². The molecule has 0 N–H and O–H groups in total. The van der Waals surface area contributed by atoms with Gasteiger partial charge >= 0.3 is 0 Å². The third-order valence-corrected chi connectivity index (χ3v) is 11.7. The van der Waals surface area contributed by atoms with Crippen molar-refractivity contribution in [2.45, 2.75) is 0 Å². The first kappa shape index (κ1) is 32.2. The lowest BCUT2D eigenvalue weighted by Gasteiger charge is -2.11. The molecular formula is C50H31N5S. The first-order chi connectivity index (χ1) is 27.8. The molecule has 0 fully saturated rings. The summed E-state index contributed by atoms with van der Waals surface area (Å²) in [7, 11) is 0. The number of fused-ring (bicyclic) bond motifs is 7. The number of rotatable bonds is 6. The maximum absolute atomic E-state index is 5.23. The van der Waals surface area contributed by atoms with Crippen molar-refractivity contribution in [3.8, 4) is 62.2 Å². The Bertz CT molecular complexity index is 3210. The van der Waals surface area contributed by atoms with Gasteiger partial charge in [0, 0.05) is 49.5 Å². The molecule has 6 heteroatoms. The van der Waals surface area contributed by atoms with E-state index in [1.54, 1.807) is 0 Å². The summed E-state index contributed by atoms with van der Waals surface area (Å²) >= 11 is 1.81. The smallest absolute Gasteiger partial charge is 0.164 e. The number of hydrogen-bond donors (Lipinski definition) is 0. The van der Waals surface area contributed by atoms with Crippen molar-refractivity contribution in [2.75, 3.05) is 0 Å².